The first kappa shape index (κ1) is 14.1. The third kappa shape index (κ3) is 9.37. The zero-order chi connectivity index (χ0) is 11.8. The van der Waals surface area contributed by atoms with Gasteiger partial charge in [-0.2, -0.15) is 0 Å². The molecule has 0 aromatic carbocycles. The summed E-state index contributed by atoms with van der Waals surface area (Å²) in [5.41, 5.74) is 0. The van der Waals surface area contributed by atoms with Gasteiger partial charge in [0.25, 0.3) is 0 Å². The number of carbonyl (C=O) groups is 2. The number of hydrogen-bond acceptors (Lipinski definition) is 5. The van der Waals surface area contributed by atoms with Crippen molar-refractivity contribution in [2.24, 2.45) is 0 Å². The van der Waals surface area contributed by atoms with Gasteiger partial charge < -0.3 is 14.5 Å². The fraction of sp³-hybridized carbons (Fsp3) is 0.800. The molecular formula is C10H20N2O3. The largest absolute Gasteiger partial charge is 0.393 e. The van der Waals surface area contributed by atoms with Gasteiger partial charge in [-0.1, -0.05) is 0 Å². The lowest BCUT2D eigenvalue weighted by Gasteiger charge is -2.09. The Morgan fingerprint density at radius 2 is 1.20 bits per heavy atom. The molecule has 0 unspecified atom stereocenters. The standard InChI is InChI=1S/C10H20N2O3/c1-11(2)7-5-9(13)15-10(14)6-8-12(3)4/h5-8H2,1-4H3. The smallest absolute Gasteiger partial charge is 0.314 e. The fourth-order valence-corrected chi connectivity index (χ4v) is 0.859. The molecule has 0 aliphatic carbocycles. The summed E-state index contributed by atoms with van der Waals surface area (Å²) in [6.45, 7) is 1.19. The Balaban J connectivity index is 3.63. The van der Waals surface area contributed by atoms with E-state index in [0.717, 1.165) is 0 Å². The minimum absolute atomic E-state index is 0.251. The Labute approximate surface area is 91.0 Å². The first-order valence-corrected chi connectivity index (χ1v) is 4.94. The van der Waals surface area contributed by atoms with Gasteiger partial charge in [-0.25, -0.2) is 0 Å². The van der Waals surface area contributed by atoms with E-state index in [2.05, 4.69) is 4.74 Å². The summed E-state index contributed by atoms with van der Waals surface area (Å²) in [5.74, 6) is -0.903. The average Bonchev–Trinajstić information content (AvgIpc) is 2.11. The zero-order valence-corrected chi connectivity index (χ0v) is 9.95. The van der Waals surface area contributed by atoms with E-state index in [0.29, 0.717) is 13.1 Å². The van der Waals surface area contributed by atoms with E-state index in [1.54, 1.807) is 0 Å². The Kier molecular flexibility index (Phi) is 6.90. The van der Waals surface area contributed by atoms with Crippen molar-refractivity contribution in [3.05, 3.63) is 0 Å². The van der Waals surface area contributed by atoms with Crippen LogP contribution in [0, 0.1) is 0 Å². The van der Waals surface area contributed by atoms with Crippen LogP contribution in [-0.2, 0) is 14.3 Å². The van der Waals surface area contributed by atoms with E-state index < -0.39 is 11.9 Å². The molecule has 0 atom stereocenters. The van der Waals surface area contributed by atoms with Crippen molar-refractivity contribution in [3.63, 3.8) is 0 Å². The average molecular weight is 216 g/mol. The Morgan fingerprint density at radius 3 is 1.47 bits per heavy atom. The molecular weight excluding hydrogens is 196 g/mol. The lowest BCUT2D eigenvalue weighted by Crippen LogP contribution is -2.22. The van der Waals surface area contributed by atoms with E-state index in [4.69, 9.17) is 0 Å². The zero-order valence-electron chi connectivity index (χ0n) is 9.95. The predicted molar refractivity (Wildman–Crippen MR) is 57.4 cm³/mol. The van der Waals surface area contributed by atoms with Crippen LogP contribution in [0.5, 0.6) is 0 Å². The molecule has 0 bridgehead atoms. The maximum Gasteiger partial charge on any atom is 0.314 e. The van der Waals surface area contributed by atoms with Gasteiger partial charge in [0.1, 0.15) is 0 Å². The summed E-state index contributed by atoms with van der Waals surface area (Å²) in [5, 5.41) is 0. The van der Waals surface area contributed by atoms with Gasteiger partial charge in [0.15, 0.2) is 0 Å². The quantitative estimate of drug-likeness (QED) is 0.460. The van der Waals surface area contributed by atoms with Crippen LogP contribution in [0.2, 0.25) is 0 Å². The van der Waals surface area contributed by atoms with Crippen LogP contribution in [0.1, 0.15) is 12.8 Å². The molecule has 0 saturated heterocycles. The van der Waals surface area contributed by atoms with Crippen LogP contribution in [0.15, 0.2) is 0 Å². The molecule has 5 heteroatoms. The second kappa shape index (κ2) is 7.36. The lowest BCUT2D eigenvalue weighted by molar-refractivity contribution is -0.159. The molecule has 0 radical (unpaired) electrons. The van der Waals surface area contributed by atoms with Crippen molar-refractivity contribution in [1.29, 1.82) is 0 Å². The molecule has 5 nitrogen and oxygen atoms in total. The van der Waals surface area contributed by atoms with Gasteiger partial charge in [-0.3, -0.25) is 9.59 Å². The molecule has 0 amide bonds. The second-order valence-corrected chi connectivity index (χ2v) is 3.95. The van der Waals surface area contributed by atoms with Crippen molar-refractivity contribution in [1.82, 2.24) is 9.80 Å². The van der Waals surface area contributed by atoms with Gasteiger partial charge in [0, 0.05) is 13.1 Å². The molecule has 15 heavy (non-hydrogen) atoms. The van der Waals surface area contributed by atoms with Crippen LogP contribution in [-0.4, -0.2) is 63.0 Å². The van der Waals surface area contributed by atoms with E-state index >= 15 is 0 Å². The second-order valence-electron chi connectivity index (χ2n) is 3.95. The van der Waals surface area contributed by atoms with Crippen LogP contribution in [0.4, 0.5) is 0 Å². The maximum absolute atomic E-state index is 11.1. The molecule has 0 aromatic rings. The highest BCUT2D eigenvalue weighted by molar-refractivity contribution is 5.85. The van der Waals surface area contributed by atoms with E-state index in [-0.39, 0.29) is 12.8 Å². The number of esters is 2. The van der Waals surface area contributed by atoms with E-state index in [1.807, 2.05) is 38.0 Å². The van der Waals surface area contributed by atoms with Crippen LogP contribution >= 0.6 is 0 Å². The highest BCUT2D eigenvalue weighted by atomic mass is 16.6. The minimum atomic E-state index is -0.451. The van der Waals surface area contributed by atoms with E-state index in [9.17, 15) is 9.59 Å². The maximum atomic E-state index is 11.1. The molecule has 0 aliphatic rings. The summed E-state index contributed by atoms with van der Waals surface area (Å²) >= 11 is 0. The third-order valence-corrected chi connectivity index (χ3v) is 1.75. The summed E-state index contributed by atoms with van der Waals surface area (Å²) in [7, 11) is 7.45. The summed E-state index contributed by atoms with van der Waals surface area (Å²) < 4.78 is 4.62. The van der Waals surface area contributed by atoms with E-state index in [1.165, 1.54) is 0 Å². The molecule has 0 aliphatic heterocycles. The van der Waals surface area contributed by atoms with Gasteiger partial charge >= 0.3 is 11.9 Å². The molecule has 0 heterocycles. The third-order valence-electron chi connectivity index (χ3n) is 1.75. The van der Waals surface area contributed by atoms with Crippen molar-refractivity contribution in [3.8, 4) is 0 Å². The van der Waals surface area contributed by atoms with Crippen LogP contribution < -0.4 is 0 Å². The number of hydrogen-bond donors (Lipinski definition) is 0. The molecule has 0 spiro atoms. The topological polar surface area (TPSA) is 49.9 Å². The van der Waals surface area contributed by atoms with Crippen molar-refractivity contribution in [2.45, 2.75) is 12.8 Å². The minimum Gasteiger partial charge on any atom is -0.393 e. The highest BCUT2D eigenvalue weighted by Gasteiger charge is 2.10. The highest BCUT2D eigenvalue weighted by Crippen LogP contribution is 1.93. The molecule has 0 fully saturated rings. The van der Waals surface area contributed by atoms with Crippen molar-refractivity contribution in [2.75, 3.05) is 41.3 Å². The fourth-order valence-electron chi connectivity index (χ4n) is 0.859. The van der Waals surface area contributed by atoms with Crippen LogP contribution in [0.3, 0.4) is 0 Å². The number of nitrogens with zero attached hydrogens (tertiary/aromatic N) is 2. The first-order valence-electron chi connectivity index (χ1n) is 4.94. The van der Waals surface area contributed by atoms with Crippen molar-refractivity contribution < 1.29 is 14.3 Å². The number of rotatable bonds is 6. The Morgan fingerprint density at radius 1 is 0.867 bits per heavy atom. The van der Waals surface area contributed by atoms with Gasteiger partial charge in [-0.05, 0) is 28.2 Å². The summed E-state index contributed by atoms with van der Waals surface area (Å²) in [6, 6.07) is 0. The summed E-state index contributed by atoms with van der Waals surface area (Å²) in [6.07, 6.45) is 0.501. The molecule has 0 N–H and O–H groups in total. The summed E-state index contributed by atoms with van der Waals surface area (Å²) in [4.78, 5) is 26.0. The molecule has 0 saturated carbocycles. The first-order chi connectivity index (χ1) is 6.91. The van der Waals surface area contributed by atoms with Gasteiger partial charge in [0.2, 0.25) is 0 Å². The Bertz CT molecular complexity index is 193. The van der Waals surface area contributed by atoms with Gasteiger partial charge in [-0.15, -0.1) is 0 Å². The predicted octanol–water partition coefficient (Wildman–Crippen LogP) is -0.0404. The van der Waals surface area contributed by atoms with Crippen molar-refractivity contribution >= 4 is 11.9 Å². The number of ether oxygens (including phenoxy) is 1. The molecule has 0 rings (SSSR count). The molecule has 88 valence electrons. The van der Waals surface area contributed by atoms with Gasteiger partial charge in [0.05, 0.1) is 12.8 Å². The molecule has 0 aromatic heterocycles. The number of carbonyl (C=O) groups excluding carboxylic acids is 2. The normalized spacial score (nSPS) is 10.8. The lowest BCUT2D eigenvalue weighted by atomic mass is 10.4. The SMILES string of the molecule is CN(C)CCC(=O)OC(=O)CCN(C)C. The monoisotopic (exact) mass is 216 g/mol. The Hall–Kier alpha value is -0.940. The van der Waals surface area contributed by atoms with Crippen LogP contribution in [0.25, 0.3) is 0 Å².